The Bertz CT molecular complexity index is 898. The second-order valence-electron chi connectivity index (χ2n) is 5.72. The molecule has 0 saturated carbocycles. The van der Waals surface area contributed by atoms with Crippen molar-refractivity contribution in [2.24, 2.45) is 0 Å². The number of methoxy groups -OCH3 is 1. The van der Waals surface area contributed by atoms with Gasteiger partial charge in [0.25, 0.3) is 11.1 Å². The minimum atomic E-state index is -0.294. The van der Waals surface area contributed by atoms with Gasteiger partial charge in [0.15, 0.2) is 11.5 Å². The zero-order valence-electron chi connectivity index (χ0n) is 14.9. The molecule has 0 aromatic heterocycles. The number of hydrogen-bond donors (Lipinski definition) is 0. The van der Waals surface area contributed by atoms with Gasteiger partial charge < -0.3 is 9.47 Å². The molecule has 0 spiro atoms. The minimum absolute atomic E-state index is 0.263. The maximum atomic E-state index is 12.7. The first-order valence-corrected chi connectivity index (χ1v) is 9.94. The van der Waals surface area contributed by atoms with Gasteiger partial charge >= 0.3 is 0 Å². The average molecular weight is 448 g/mol. The van der Waals surface area contributed by atoms with E-state index in [1.54, 1.807) is 19.3 Å². The molecular weight excluding hydrogens is 430 g/mol. The van der Waals surface area contributed by atoms with Gasteiger partial charge in [-0.3, -0.25) is 14.5 Å². The molecule has 5 nitrogen and oxygen atoms in total. The summed E-state index contributed by atoms with van der Waals surface area (Å²) in [6.07, 6.45) is 1.69. The molecule has 1 aliphatic heterocycles. The fourth-order valence-electron chi connectivity index (χ4n) is 2.66. The third-order valence-corrected chi connectivity index (χ3v) is 5.39. The normalized spacial score (nSPS) is 15.5. The Morgan fingerprint density at radius 1 is 1.19 bits per heavy atom. The average Bonchev–Trinajstić information content (AvgIpc) is 2.92. The van der Waals surface area contributed by atoms with Gasteiger partial charge in [0, 0.05) is 0 Å². The molecule has 2 amide bonds. The number of amides is 2. The fraction of sp³-hybridized carbons (Fsp3) is 0.200. The molecule has 1 aliphatic rings. The number of nitrogens with zero attached hydrogens (tertiary/aromatic N) is 1. The van der Waals surface area contributed by atoms with Crippen molar-refractivity contribution in [3.05, 3.63) is 63.0 Å². The van der Waals surface area contributed by atoms with Gasteiger partial charge in [0.1, 0.15) is 0 Å². The molecule has 3 rings (SSSR count). The van der Waals surface area contributed by atoms with Crippen molar-refractivity contribution >= 4 is 44.9 Å². The van der Waals surface area contributed by atoms with Crippen LogP contribution in [0.5, 0.6) is 11.5 Å². The number of carbonyl (C=O) groups excluding carboxylic acids is 2. The Kier molecular flexibility index (Phi) is 6.23. The summed E-state index contributed by atoms with van der Waals surface area (Å²) in [6.45, 7) is 2.66. The number of halogens is 1. The highest BCUT2D eigenvalue weighted by molar-refractivity contribution is 9.10. The van der Waals surface area contributed by atoms with E-state index in [9.17, 15) is 9.59 Å². The summed E-state index contributed by atoms with van der Waals surface area (Å²) in [5.41, 5.74) is 1.65. The Morgan fingerprint density at radius 2 is 1.93 bits per heavy atom. The first-order chi connectivity index (χ1) is 13.0. The summed E-state index contributed by atoms with van der Waals surface area (Å²) in [6, 6.07) is 13.1. The third-order valence-electron chi connectivity index (χ3n) is 3.90. The Labute approximate surface area is 170 Å². The highest BCUT2D eigenvalue weighted by Crippen LogP contribution is 2.39. The van der Waals surface area contributed by atoms with E-state index in [0.717, 1.165) is 27.4 Å². The maximum absolute atomic E-state index is 12.7. The molecule has 0 N–H and O–H groups in total. The Balaban J connectivity index is 1.86. The smallest absolute Gasteiger partial charge is 0.293 e. The second-order valence-corrected chi connectivity index (χ2v) is 7.57. The Hall–Kier alpha value is -2.25. The van der Waals surface area contributed by atoms with Crippen molar-refractivity contribution in [3.63, 3.8) is 0 Å². The van der Waals surface area contributed by atoms with Crippen LogP contribution >= 0.6 is 27.7 Å². The molecule has 0 unspecified atom stereocenters. The maximum Gasteiger partial charge on any atom is 0.293 e. The zero-order valence-corrected chi connectivity index (χ0v) is 17.3. The molecule has 1 fully saturated rings. The van der Waals surface area contributed by atoms with Crippen molar-refractivity contribution < 1.29 is 19.1 Å². The van der Waals surface area contributed by atoms with Crippen LogP contribution in [-0.4, -0.2) is 29.8 Å². The first-order valence-electron chi connectivity index (χ1n) is 8.33. The molecule has 0 aliphatic carbocycles. The third kappa shape index (κ3) is 4.36. The summed E-state index contributed by atoms with van der Waals surface area (Å²) in [5, 5.41) is -0.271. The summed E-state index contributed by atoms with van der Waals surface area (Å²) in [5.74, 6) is 0.869. The van der Waals surface area contributed by atoms with E-state index in [1.165, 1.54) is 4.90 Å². The summed E-state index contributed by atoms with van der Waals surface area (Å²) in [7, 11) is 1.56. The van der Waals surface area contributed by atoms with E-state index in [0.29, 0.717) is 23.0 Å². The van der Waals surface area contributed by atoms with E-state index in [-0.39, 0.29) is 17.7 Å². The lowest BCUT2D eigenvalue weighted by Crippen LogP contribution is -2.27. The van der Waals surface area contributed by atoms with Crippen LogP contribution in [0.25, 0.3) is 6.08 Å². The minimum Gasteiger partial charge on any atom is -0.493 e. The van der Waals surface area contributed by atoms with Gasteiger partial charge in [0.2, 0.25) is 0 Å². The lowest BCUT2D eigenvalue weighted by Gasteiger charge is -2.13. The molecular formula is C20H18BrNO4S. The number of imide groups is 1. The van der Waals surface area contributed by atoms with Crippen LogP contribution in [0, 0.1) is 0 Å². The molecule has 0 radical (unpaired) electrons. The van der Waals surface area contributed by atoms with Crippen LogP contribution in [0.15, 0.2) is 51.8 Å². The highest BCUT2D eigenvalue weighted by Gasteiger charge is 2.35. The molecule has 2 aromatic rings. The van der Waals surface area contributed by atoms with Crippen LogP contribution < -0.4 is 9.47 Å². The van der Waals surface area contributed by atoms with Crippen LogP contribution in [0.1, 0.15) is 18.1 Å². The van der Waals surface area contributed by atoms with Crippen molar-refractivity contribution in [1.82, 2.24) is 4.90 Å². The standard InChI is InChI=1S/C20H18BrNO4S/c1-3-26-18-15(21)9-14(10-16(18)25-2)11-17-19(23)22(20(24)27-17)12-13-7-5-4-6-8-13/h4-11H,3,12H2,1-2H3/b17-11-. The zero-order chi connectivity index (χ0) is 19.4. The molecule has 2 aromatic carbocycles. The lowest BCUT2D eigenvalue weighted by molar-refractivity contribution is -0.123. The Morgan fingerprint density at radius 3 is 2.59 bits per heavy atom. The summed E-state index contributed by atoms with van der Waals surface area (Å²) >= 11 is 4.41. The molecule has 27 heavy (non-hydrogen) atoms. The summed E-state index contributed by atoms with van der Waals surface area (Å²) < 4.78 is 11.7. The monoisotopic (exact) mass is 447 g/mol. The highest BCUT2D eigenvalue weighted by atomic mass is 79.9. The van der Waals surface area contributed by atoms with Gasteiger partial charge in [-0.05, 0) is 64.0 Å². The first kappa shape index (κ1) is 19.5. The van der Waals surface area contributed by atoms with Crippen molar-refractivity contribution in [2.45, 2.75) is 13.5 Å². The predicted molar refractivity (Wildman–Crippen MR) is 110 cm³/mol. The molecule has 1 heterocycles. The van der Waals surface area contributed by atoms with Gasteiger partial charge in [-0.2, -0.15) is 0 Å². The number of benzene rings is 2. The molecule has 7 heteroatoms. The fourth-order valence-corrected chi connectivity index (χ4v) is 4.07. The van der Waals surface area contributed by atoms with E-state index < -0.39 is 0 Å². The van der Waals surface area contributed by atoms with E-state index in [2.05, 4.69) is 15.9 Å². The number of hydrogen-bond acceptors (Lipinski definition) is 5. The molecule has 140 valence electrons. The second kappa shape index (κ2) is 8.63. The largest absolute Gasteiger partial charge is 0.493 e. The van der Waals surface area contributed by atoms with E-state index in [1.807, 2.05) is 43.3 Å². The van der Waals surface area contributed by atoms with E-state index >= 15 is 0 Å². The van der Waals surface area contributed by atoms with Crippen LogP contribution in [-0.2, 0) is 11.3 Å². The van der Waals surface area contributed by atoms with Gasteiger partial charge in [-0.25, -0.2) is 0 Å². The van der Waals surface area contributed by atoms with Crippen molar-refractivity contribution in [2.75, 3.05) is 13.7 Å². The van der Waals surface area contributed by atoms with Crippen molar-refractivity contribution in [3.8, 4) is 11.5 Å². The van der Waals surface area contributed by atoms with Crippen molar-refractivity contribution in [1.29, 1.82) is 0 Å². The van der Waals surface area contributed by atoms with Gasteiger partial charge in [-0.15, -0.1) is 0 Å². The SMILES string of the molecule is CCOc1c(Br)cc(/C=C2\SC(=O)N(Cc3ccccc3)C2=O)cc1OC. The predicted octanol–water partition coefficient (Wildman–Crippen LogP) is 5.09. The molecule has 0 bridgehead atoms. The summed E-state index contributed by atoms with van der Waals surface area (Å²) in [4.78, 5) is 26.6. The van der Waals surface area contributed by atoms with Crippen LogP contribution in [0.4, 0.5) is 4.79 Å². The van der Waals surface area contributed by atoms with Gasteiger partial charge in [-0.1, -0.05) is 30.3 Å². The number of thioether (sulfide) groups is 1. The van der Waals surface area contributed by atoms with Crippen LogP contribution in [0.3, 0.4) is 0 Å². The topological polar surface area (TPSA) is 55.8 Å². The quantitative estimate of drug-likeness (QED) is 0.576. The van der Waals surface area contributed by atoms with Gasteiger partial charge in [0.05, 0.1) is 29.6 Å². The molecule has 0 atom stereocenters. The lowest BCUT2D eigenvalue weighted by atomic mass is 10.1. The van der Waals surface area contributed by atoms with Crippen LogP contribution in [0.2, 0.25) is 0 Å². The molecule has 1 saturated heterocycles. The number of rotatable bonds is 6. The van der Waals surface area contributed by atoms with E-state index in [4.69, 9.17) is 9.47 Å². The number of carbonyl (C=O) groups is 2. The number of ether oxygens (including phenoxy) is 2.